The van der Waals surface area contributed by atoms with E-state index in [2.05, 4.69) is 55.6 Å². The van der Waals surface area contributed by atoms with Gasteiger partial charge in [0.05, 0.1) is 0 Å². The largest absolute Gasteiger partial charge is 0.480 e. The van der Waals surface area contributed by atoms with Gasteiger partial charge in [0, 0.05) is 12.8 Å². The van der Waals surface area contributed by atoms with Crippen molar-refractivity contribution < 1.29 is 24.2 Å². The van der Waals surface area contributed by atoms with E-state index in [0.29, 0.717) is 12.8 Å². The zero-order valence-electron chi connectivity index (χ0n) is 30.6. The second kappa shape index (κ2) is 36.5. The molecule has 6 heteroatoms. The van der Waals surface area contributed by atoms with Gasteiger partial charge in [0.25, 0.3) is 0 Å². The summed E-state index contributed by atoms with van der Waals surface area (Å²) in [5, 5.41) is 11.1. The van der Waals surface area contributed by atoms with Crippen molar-refractivity contribution in [1.29, 1.82) is 0 Å². The Morgan fingerprint density at radius 1 is 0.574 bits per heavy atom. The van der Waals surface area contributed by atoms with E-state index in [4.69, 9.17) is 9.84 Å². The fraction of sp³-hybridized carbons (Fsp3) is 0.780. The summed E-state index contributed by atoms with van der Waals surface area (Å²) in [4.78, 5) is 34.9. The minimum absolute atomic E-state index is 0.0903. The van der Waals surface area contributed by atoms with E-state index >= 15 is 0 Å². The maximum absolute atomic E-state index is 12.6. The van der Waals surface area contributed by atoms with E-state index in [-0.39, 0.29) is 24.5 Å². The lowest BCUT2D eigenvalue weighted by Crippen LogP contribution is -2.28. The molecule has 0 aliphatic heterocycles. The van der Waals surface area contributed by atoms with Gasteiger partial charge in [-0.15, -0.1) is 0 Å². The highest BCUT2D eigenvalue weighted by Gasteiger charge is 2.12. The van der Waals surface area contributed by atoms with Gasteiger partial charge in [-0.2, -0.15) is 0 Å². The van der Waals surface area contributed by atoms with Gasteiger partial charge in [-0.1, -0.05) is 141 Å². The molecule has 0 aliphatic rings. The van der Waals surface area contributed by atoms with E-state index in [0.717, 1.165) is 57.8 Å². The smallest absolute Gasteiger partial charge is 0.322 e. The second-order valence-electron chi connectivity index (χ2n) is 13.2. The molecule has 0 aromatic rings. The fourth-order valence-corrected chi connectivity index (χ4v) is 5.57. The predicted molar refractivity (Wildman–Crippen MR) is 199 cm³/mol. The molecule has 0 aromatic carbocycles. The predicted octanol–water partition coefficient (Wildman–Crippen LogP) is 11.7. The lowest BCUT2D eigenvalue weighted by Gasteiger charge is -2.15. The number of rotatable bonds is 35. The number of carboxylic acid groups (broad SMARTS) is 1. The maximum Gasteiger partial charge on any atom is 0.322 e. The quantitative estimate of drug-likeness (QED) is 0.0401. The average Bonchev–Trinajstić information content (AvgIpc) is 3.05. The van der Waals surface area contributed by atoms with Gasteiger partial charge >= 0.3 is 11.9 Å². The standard InChI is InChI=1S/C41H73NO5/c1-3-5-7-9-11-13-14-15-16-17-18-19-20-21-22-24-26-32-36-41(46)47-38(33-29-25-23-12-10-8-6-4-2)34-30-27-28-31-35-39(43)42-37-40(44)45/h13-14,16-17,29,33,38H,3-12,15,18-28,30-32,34-37H2,1-2H3,(H,42,43)(H,44,45)/b14-13-,17-16-,33-29-. The minimum Gasteiger partial charge on any atom is -0.480 e. The number of carbonyl (C=O) groups is 3. The molecule has 0 rings (SSSR count). The van der Waals surface area contributed by atoms with Gasteiger partial charge in [0.15, 0.2) is 0 Å². The van der Waals surface area contributed by atoms with E-state index in [9.17, 15) is 14.4 Å². The van der Waals surface area contributed by atoms with Crippen LogP contribution in [0.25, 0.3) is 0 Å². The first-order valence-corrected chi connectivity index (χ1v) is 19.6. The molecule has 1 unspecified atom stereocenters. The highest BCUT2D eigenvalue weighted by Crippen LogP contribution is 2.15. The van der Waals surface area contributed by atoms with Crippen molar-refractivity contribution in [3.63, 3.8) is 0 Å². The molecular weight excluding hydrogens is 586 g/mol. The Labute approximate surface area is 289 Å². The monoisotopic (exact) mass is 660 g/mol. The molecule has 2 N–H and O–H groups in total. The first-order chi connectivity index (χ1) is 23.0. The van der Waals surface area contributed by atoms with Gasteiger partial charge in [-0.25, -0.2) is 0 Å². The summed E-state index contributed by atoms with van der Waals surface area (Å²) < 4.78 is 5.89. The van der Waals surface area contributed by atoms with Crippen LogP contribution in [0.5, 0.6) is 0 Å². The van der Waals surface area contributed by atoms with Crippen LogP contribution >= 0.6 is 0 Å². The van der Waals surface area contributed by atoms with Gasteiger partial charge in [0.2, 0.25) is 5.91 Å². The van der Waals surface area contributed by atoms with Crippen LogP contribution in [0.15, 0.2) is 36.5 Å². The SMILES string of the molecule is CCCCCC/C=C\C/C=C\CCCCCCCCCC(=O)OC(/C=C\CCCCCCCC)CCCCCCC(=O)NCC(=O)O. The average molecular weight is 660 g/mol. The van der Waals surface area contributed by atoms with Gasteiger partial charge in [0.1, 0.15) is 12.6 Å². The molecule has 0 saturated carbocycles. The molecule has 0 saturated heterocycles. The molecule has 47 heavy (non-hydrogen) atoms. The van der Waals surface area contributed by atoms with Crippen LogP contribution in [0.2, 0.25) is 0 Å². The van der Waals surface area contributed by atoms with Crippen molar-refractivity contribution in [2.24, 2.45) is 0 Å². The first kappa shape index (κ1) is 44.6. The fourth-order valence-electron chi connectivity index (χ4n) is 5.57. The number of carbonyl (C=O) groups excluding carboxylic acids is 2. The molecule has 1 amide bonds. The lowest BCUT2D eigenvalue weighted by atomic mass is 10.1. The third-order valence-corrected chi connectivity index (χ3v) is 8.52. The maximum atomic E-state index is 12.6. The van der Waals surface area contributed by atoms with Gasteiger partial charge in [-0.05, 0) is 76.7 Å². The summed E-state index contributed by atoms with van der Waals surface area (Å²) in [6, 6.07) is 0. The summed E-state index contributed by atoms with van der Waals surface area (Å²) in [7, 11) is 0. The van der Waals surface area contributed by atoms with Crippen molar-refractivity contribution in [3.05, 3.63) is 36.5 Å². The molecule has 1 atom stereocenters. The van der Waals surface area contributed by atoms with E-state index in [1.54, 1.807) is 0 Å². The second-order valence-corrected chi connectivity index (χ2v) is 13.2. The Morgan fingerprint density at radius 2 is 1.04 bits per heavy atom. The Hall–Kier alpha value is -2.37. The van der Waals surface area contributed by atoms with Crippen molar-refractivity contribution in [1.82, 2.24) is 5.32 Å². The molecule has 0 spiro atoms. The summed E-state index contributed by atoms with van der Waals surface area (Å²) >= 11 is 0. The summed E-state index contributed by atoms with van der Waals surface area (Å²) in [5.41, 5.74) is 0. The van der Waals surface area contributed by atoms with Crippen LogP contribution in [-0.4, -0.2) is 35.6 Å². The number of esters is 1. The molecule has 272 valence electrons. The zero-order valence-corrected chi connectivity index (χ0v) is 30.6. The van der Waals surface area contributed by atoms with Crippen LogP contribution in [-0.2, 0) is 19.1 Å². The molecule has 0 radical (unpaired) electrons. The van der Waals surface area contributed by atoms with Crippen LogP contribution in [0, 0.1) is 0 Å². The first-order valence-electron chi connectivity index (χ1n) is 19.6. The molecule has 0 aliphatic carbocycles. The molecular formula is C41H73NO5. The van der Waals surface area contributed by atoms with Crippen molar-refractivity contribution in [2.45, 2.75) is 200 Å². The minimum atomic E-state index is -1.03. The third kappa shape index (κ3) is 36.3. The van der Waals surface area contributed by atoms with Crippen molar-refractivity contribution in [2.75, 3.05) is 6.54 Å². The number of carboxylic acids is 1. The van der Waals surface area contributed by atoms with Crippen LogP contribution in [0.4, 0.5) is 0 Å². The molecule has 0 heterocycles. The van der Waals surface area contributed by atoms with E-state index < -0.39 is 5.97 Å². The van der Waals surface area contributed by atoms with Gasteiger partial charge in [-0.3, -0.25) is 14.4 Å². The number of ether oxygens (including phenoxy) is 1. The normalized spacial score (nSPS) is 12.4. The van der Waals surface area contributed by atoms with Crippen molar-refractivity contribution >= 4 is 17.8 Å². The number of nitrogens with one attached hydrogen (secondary N) is 1. The Bertz CT molecular complexity index is 819. The van der Waals surface area contributed by atoms with Crippen LogP contribution < -0.4 is 5.32 Å². The number of unbranched alkanes of at least 4 members (excludes halogenated alkanes) is 20. The van der Waals surface area contributed by atoms with E-state index in [1.807, 2.05) is 0 Å². The zero-order chi connectivity index (χ0) is 34.5. The van der Waals surface area contributed by atoms with Crippen LogP contribution in [0.3, 0.4) is 0 Å². The highest BCUT2D eigenvalue weighted by atomic mass is 16.5. The lowest BCUT2D eigenvalue weighted by molar-refractivity contribution is -0.147. The third-order valence-electron chi connectivity index (χ3n) is 8.52. The Balaban J connectivity index is 4.10. The topological polar surface area (TPSA) is 92.7 Å². The summed E-state index contributed by atoms with van der Waals surface area (Å²) in [6.45, 7) is 4.17. The highest BCUT2D eigenvalue weighted by molar-refractivity contribution is 5.80. The number of aliphatic carboxylic acids is 1. The summed E-state index contributed by atoms with van der Waals surface area (Å²) in [5.74, 6) is -1.33. The molecule has 0 fully saturated rings. The number of hydrogen-bond donors (Lipinski definition) is 2. The van der Waals surface area contributed by atoms with Crippen LogP contribution in [0.1, 0.15) is 194 Å². The molecule has 0 aromatic heterocycles. The van der Waals surface area contributed by atoms with Gasteiger partial charge < -0.3 is 15.2 Å². The number of amides is 1. The summed E-state index contributed by atoms with van der Waals surface area (Å²) in [6.07, 6.45) is 44.2. The molecule has 0 bridgehead atoms. The Morgan fingerprint density at radius 3 is 1.62 bits per heavy atom. The number of allylic oxidation sites excluding steroid dienone is 5. The Kier molecular flexibility index (Phi) is 34.6. The number of hydrogen-bond acceptors (Lipinski definition) is 4. The molecule has 6 nitrogen and oxygen atoms in total. The van der Waals surface area contributed by atoms with Crippen molar-refractivity contribution in [3.8, 4) is 0 Å². The van der Waals surface area contributed by atoms with E-state index in [1.165, 1.54) is 109 Å².